The number of para-hydroxylation sites is 1. The number of aryl methyl sites for hydroxylation is 1. The fourth-order valence-electron chi connectivity index (χ4n) is 2.46. The Morgan fingerprint density at radius 1 is 1.05 bits per heavy atom. The minimum Gasteiger partial charge on any atom is -0.496 e. The van der Waals surface area contributed by atoms with Crippen LogP contribution in [0.25, 0.3) is 0 Å². The maximum atomic E-state index is 5.51. The molecule has 0 aliphatic rings. The van der Waals surface area contributed by atoms with E-state index in [1.807, 2.05) is 6.07 Å². The summed E-state index contributed by atoms with van der Waals surface area (Å²) in [5.74, 6) is 1.01. The Bertz CT molecular complexity index is 536. The molecule has 0 bridgehead atoms. The molecule has 0 fully saturated rings. The van der Waals surface area contributed by atoms with Gasteiger partial charge in [-0.1, -0.05) is 48.5 Å². The third-order valence-electron chi connectivity index (χ3n) is 3.52. The van der Waals surface area contributed by atoms with Crippen LogP contribution in [0.1, 0.15) is 23.6 Å². The second kappa shape index (κ2) is 7.11. The number of ether oxygens (including phenoxy) is 1. The molecule has 0 saturated heterocycles. The van der Waals surface area contributed by atoms with Gasteiger partial charge in [0.2, 0.25) is 0 Å². The van der Waals surface area contributed by atoms with Crippen LogP contribution in [-0.2, 0) is 13.0 Å². The first-order valence-electron chi connectivity index (χ1n) is 7.10. The molecule has 106 valence electrons. The van der Waals surface area contributed by atoms with E-state index in [0.29, 0.717) is 6.04 Å². The quantitative estimate of drug-likeness (QED) is 0.863. The summed E-state index contributed by atoms with van der Waals surface area (Å²) in [4.78, 5) is 0. The molecule has 0 spiro atoms. The zero-order chi connectivity index (χ0) is 14.4. The van der Waals surface area contributed by atoms with Gasteiger partial charge in [-0.15, -0.1) is 0 Å². The van der Waals surface area contributed by atoms with Crippen LogP contribution < -0.4 is 10.1 Å². The van der Waals surface area contributed by atoms with E-state index in [2.05, 4.69) is 61.6 Å². The van der Waals surface area contributed by atoms with Gasteiger partial charge in [0.25, 0.3) is 0 Å². The van der Waals surface area contributed by atoms with Gasteiger partial charge in [0.05, 0.1) is 7.11 Å². The molecule has 2 aromatic rings. The molecule has 0 saturated carbocycles. The Labute approximate surface area is 121 Å². The lowest BCUT2D eigenvalue weighted by atomic mass is 10.0. The van der Waals surface area contributed by atoms with Gasteiger partial charge in [-0.25, -0.2) is 0 Å². The van der Waals surface area contributed by atoms with Crippen molar-refractivity contribution in [2.75, 3.05) is 7.11 Å². The van der Waals surface area contributed by atoms with Crippen molar-refractivity contribution in [3.05, 3.63) is 65.2 Å². The van der Waals surface area contributed by atoms with Crippen LogP contribution in [0.2, 0.25) is 0 Å². The summed E-state index contributed by atoms with van der Waals surface area (Å²) in [6, 6.07) is 17.2. The summed E-state index contributed by atoms with van der Waals surface area (Å²) < 4.78 is 5.51. The first-order chi connectivity index (χ1) is 9.70. The van der Waals surface area contributed by atoms with Crippen molar-refractivity contribution in [1.29, 1.82) is 0 Å². The minimum atomic E-state index is 0.408. The Morgan fingerprint density at radius 2 is 1.80 bits per heavy atom. The van der Waals surface area contributed by atoms with Crippen molar-refractivity contribution >= 4 is 0 Å². The first kappa shape index (κ1) is 14.6. The molecule has 2 rings (SSSR count). The smallest absolute Gasteiger partial charge is 0.125 e. The highest BCUT2D eigenvalue weighted by molar-refractivity contribution is 5.41. The molecule has 2 heteroatoms. The minimum absolute atomic E-state index is 0.408. The van der Waals surface area contributed by atoms with Gasteiger partial charge in [-0.05, 0) is 37.0 Å². The Hall–Kier alpha value is -1.80. The maximum absolute atomic E-state index is 5.51. The predicted octanol–water partition coefficient (Wildman–Crippen LogP) is 3.72. The standard InChI is InChI=1S/C18H23NO/c1-14-8-7-11-17(18(14)20-3)12-15(2)19-13-16-9-5-4-6-10-16/h4-11,15,19H,12-13H2,1-3H3. The van der Waals surface area contributed by atoms with Crippen LogP contribution in [0.4, 0.5) is 0 Å². The highest BCUT2D eigenvalue weighted by atomic mass is 16.5. The number of hydrogen-bond donors (Lipinski definition) is 1. The molecule has 20 heavy (non-hydrogen) atoms. The highest BCUT2D eigenvalue weighted by Gasteiger charge is 2.09. The van der Waals surface area contributed by atoms with Crippen LogP contribution >= 0.6 is 0 Å². The van der Waals surface area contributed by atoms with E-state index in [0.717, 1.165) is 18.7 Å². The summed E-state index contributed by atoms with van der Waals surface area (Å²) >= 11 is 0. The average molecular weight is 269 g/mol. The average Bonchev–Trinajstić information content (AvgIpc) is 2.46. The number of nitrogens with one attached hydrogen (secondary N) is 1. The van der Waals surface area contributed by atoms with Crippen LogP contribution in [0.15, 0.2) is 48.5 Å². The largest absolute Gasteiger partial charge is 0.496 e. The molecular weight excluding hydrogens is 246 g/mol. The summed E-state index contributed by atoms with van der Waals surface area (Å²) in [7, 11) is 1.74. The lowest BCUT2D eigenvalue weighted by Gasteiger charge is -2.17. The van der Waals surface area contributed by atoms with Gasteiger partial charge >= 0.3 is 0 Å². The molecule has 2 aromatic carbocycles. The van der Waals surface area contributed by atoms with E-state index in [9.17, 15) is 0 Å². The molecular formula is C18H23NO. The third-order valence-corrected chi connectivity index (χ3v) is 3.52. The van der Waals surface area contributed by atoms with Crippen molar-refractivity contribution < 1.29 is 4.74 Å². The van der Waals surface area contributed by atoms with Gasteiger partial charge in [0.15, 0.2) is 0 Å². The normalized spacial score (nSPS) is 12.2. The molecule has 0 aliphatic heterocycles. The van der Waals surface area contributed by atoms with Gasteiger partial charge < -0.3 is 10.1 Å². The van der Waals surface area contributed by atoms with Crippen molar-refractivity contribution in [3.8, 4) is 5.75 Å². The molecule has 0 aromatic heterocycles. The molecule has 0 aliphatic carbocycles. The zero-order valence-corrected chi connectivity index (χ0v) is 12.5. The Balaban J connectivity index is 1.95. The summed E-state index contributed by atoms with van der Waals surface area (Å²) in [6.07, 6.45) is 0.970. The van der Waals surface area contributed by atoms with Crippen LogP contribution in [0.5, 0.6) is 5.75 Å². The van der Waals surface area contributed by atoms with E-state index in [1.165, 1.54) is 16.7 Å². The Kier molecular flexibility index (Phi) is 5.19. The maximum Gasteiger partial charge on any atom is 0.125 e. The monoisotopic (exact) mass is 269 g/mol. The topological polar surface area (TPSA) is 21.3 Å². The summed E-state index contributed by atoms with van der Waals surface area (Å²) in [5.41, 5.74) is 3.77. The predicted molar refractivity (Wildman–Crippen MR) is 84.2 cm³/mol. The van der Waals surface area contributed by atoms with Crippen molar-refractivity contribution in [1.82, 2.24) is 5.32 Å². The fraction of sp³-hybridized carbons (Fsp3) is 0.333. The molecule has 0 amide bonds. The van der Waals surface area contributed by atoms with E-state index >= 15 is 0 Å². The number of benzene rings is 2. The summed E-state index contributed by atoms with van der Waals surface area (Å²) in [6.45, 7) is 5.20. The lowest BCUT2D eigenvalue weighted by Crippen LogP contribution is -2.27. The molecule has 1 unspecified atom stereocenters. The van der Waals surface area contributed by atoms with Gasteiger partial charge in [-0.3, -0.25) is 0 Å². The van der Waals surface area contributed by atoms with Crippen molar-refractivity contribution in [3.63, 3.8) is 0 Å². The van der Waals surface area contributed by atoms with E-state index in [4.69, 9.17) is 4.74 Å². The molecule has 2 nitrogen and oxygen atoms in total. The highest BCUT2D eigenvalue weighted by Crippen LogP contribution is 2.24. The van der Waals surface area contributed by atoms with Crippen LogP contribution in [-0.4, -0.2) is 13.2 Å². The molecule has 1 N–H and O–H groups in total. The number of hydrogen-bond acceptors (Lipinski definition) is 2. The Morgan fingerprint density at radius 3 is 2.50 bits per heavy atom. The zero-order valence-electron chi connectivity index (χ0n) is 12.5. The number of methoxy groups -OCH3 is 1. The van der Waals surface area contributed by atoms with Gasteiger partial charge in [-0.2, -0.15) is 0 Å². The van der Waals surface area contributed by atoms with Crippen LogP contribution in [0, 0.1) is 6.92 Å². The number of rotatable bonds is 6. The fourth-order valence-corrected chi connectivity index (χ4v) is 2.46. The van der Waals surface area contributed by atoms with Gasteiger partial charge in [0, 0.05) is 12.6 Å². The van der Waals surface area contributed by atoms with E-state index < -0.39 is 0 Å². The second-order valence-corrected chi connectivity index (χ2v) is 5.24. The van der Waals surface area contributed by atoms with E-state index in [-0.39, 0.29) is 0 Å². The molecule has 0 radical (unpaired) electrons. The lowest BCUT2D eigenvalue weighted by molar-refractivity contribution is 0.403. The first-order valence-corrected chi connectivity index (χ1v) is 7.10. The SMILES string of the molecule is COc1c(C)cccc1CC(C)NCc1ccccc1. The van der Waals surface area contributed by atoms with Crippen molar-refractivity contribution in [2.45, 2.75) is 32.9 Å². The van der Waals surface area contributed by atoms with Gasteiger partial charge in [0.1, 0.15) is 5.75 Å². The third kappa shape index (κ3) is 3.84. The van der Waals surface area contributed by atoms with Crippen molar-refractivity contribution in [2.24, 2.45) is 0 Å². The second-order valence-electron chi connectivity index (χ2n) is 5.24. The summed E-state index contributed by atoms with van der Waals surface area (Å²) in [5, 5.41) is 3.56. The molecule has 0 heterocycles. The van der Waals surface area contributed by atoms with Crippen LogP contribution in [0.3, 0.4) is 0 Å². The molecule has 1 atom stereocenters. The van der Waals surface area contributed by atoms with E-state index in [1.54, 1.807) is 7.11 Å².